The van der Waals surface area contributed by atoms with Gasteiger partial charge in [-0.15, -0.1) is 0 Å². The summed E-state index contributed by atoms with van der Waals surface area (Å²) in [4.78, 5) is 14.1. The lowest BCUT2D eigenvalue weighted by molar-refractivity contribution is -0.151. The number of carbonyl (C=O) groups is 1. The highest BCUT2D eigenvalue weighted by Gasteiger charge is 2.30. The molecule has 4 heteroatoms. The van der Waals surface area contributed by atoms with Crippen LogP contribution in [0.15, 0.2) is 0 Å². The minimum atomic E-state index is -0.393. The van der Waals surface area contributed by atoms with Crippen molar-refractivity contribution in [1.82, 2.24) is 4.90 Å². The van der Waals surface area contributed by atoms with E-state index in [1.165, 1.54) is 20.0 Å². The monoisotopic (exact) mass is 256 g/mol. The lowest BCUT2D eigenvalue weighted by Crippen LogP contribution is -2.43. The van der Waals surface area contributed by atoms with E-state index in [2.05, 4.69) is 11.8 Å². The molecule has 0 aromatic rings. The predicted octanol–water partition coefficient (Wildman–Crippen LogP) is 1.63. The highest BCUT2D eigenvalue weighted by atomic mass is 16.5. The number of piperidine rings is 1. The molecule has 1 fully saturated rings. The number of hydrogen-bond acceptors (Lipinski definition) is 4. The summed E-state index contributed by atoms with van der Waals surface area (Å²) in [6, 6.07) is 0.265. The van der Waals surface area contributed by atoms with Gasteiger partial charge in [0.2, 0.25) is 0 Å². The molecule has 106 valence electrons. The summed E-state index contributed by atoms with van der Waals surface area (Å²) in [5, 5.41) is 0. The van der Waals surface area contributed by atoms with Crippen molar-refractivity contribution in [3.05, 3.63) is 0 Å². The number of likely N-dealkylation sites (tertiary alicyclic amines) is 1. The fourth-order valence-corrected chi connectivity index (χ4v) is 2.54. The maximum Gasteiger partial charge on any atom is 0.311 e. The van der Waals surface area contributed by atoms with E-state index in [9.17, 15) is 4.79 Å². The molecule has 1 aliphatic heterocycles. The molecular formula is C14H28N2O2. The van der Waals surface area contributed by atoms with E-state index < -0.39 is 5.41 Å². The second-order valence-corrected chi connectivity index (χ2v) is 6.19. The first-order chi connectivity index (χ1) is 8.36. The Kier molecular flexibility index (Phi) is 5.60. The van der Waals surface area contributed by atoms with Crippen molar-refractivity contribution in [3.8, 4) is 0 Å². The Morgan fingerprint density at radius 1 is 1.56 bits per heavy atom. The molecule has 0 aromatic heterocycles. The Morgan fingerprint density at radius 2 is 2.22 bits per heavy atom. The summed E-state index contributed by atoms with van der Waals surface area (Å²) >= 11 is 0. The van der Waals surface area contributed by atoms with Gasteiger partial charge in [0.05, 0.1) is 12.5 Å². The van der Waals surface area contributed by atoms with Crippen LogP contribution in [0.5, 0.6) is 0 Å². The van der Waals surface area contributed by atoms with Crippen LogP contribution >= 0.6 is 0 Å². The van der Waals surface area contributed by atoms with E-state index >= 15 is 0 Å². The van der Waals surface area contributed by atoms with Crippen LogP contribution in [-0.2, 0) is 9.53 Å². The molecule has 1 heterocycles. The number of ether oxygens (including phenoxy) is 1. The smallest absolute Gasteiger partial charge is 0.311 e. The van der Waals surface area contributed by atoms with Gasteiger partial charge in [0.25, 0.3) is 0 Å². The normalized spacial score (nSPS) is 23.7. The summed E-state index contributed by atoms with van der Waals surface area (Å²) in [7, 11) is 1.46. The van der Waals surface area contributed by atoms with Gasteiger partial charge >= 0.3 is 5.97 Å². The van der Waals surface area contributed by atoms with Gasteiger partial charge in [-0.1, -0.05) is 0 Å². The molecule has 0 saturated carbocycles. The Labute approximate surface area is 111 Å². The minimum absolute atomic E-state index is 0.122. The quantitative estimate of drug-likeness (QED) is 0.760. The second-order valence-electron chi connectivity index (χ2n) is 6.19. The van der Waals surface area contributed by atoms with Crippen molar-refractivity contribution < 1.29 is 9.53 Å². The lowest BCUT2D eigenvalue weighted by Gasteiger charge is -2.36. The fraction of sp³-hybridized carbons (Fsp3) is 0.929. The SMILES string of the molecule is COC(=O)C(C)(C)CCN1CCCC(C(C)N)C1. The molecule has 2 atom stereocenters. The molecule has 1 rings (SSSR count). The van der Waals surface area contributed by atoms with Crippen LogP contribution in [0.1, 0.15) is 40.0 Å². The topological polar surface area (TPSA) is 55.6 Å². The zero-order chi connectivity index (χ0) is 13.8. The molecule has 0 aliphatic carbocycles. The summed E-state index contributed by atoms with van der Waals surface area (Å²) in [6.45, 7) is 9.13. The van der Waals surface area contributed by atoms with E-state index in [-0.39, 0.29) is 12.0 Å². The van der Waals surface area contributed by atoms with Crippen LogP contribution in [0.2, 0.25) is 0 Å². The molecule has 0 aromatic carbocycles. The number of methoxy groups -OCH3 is 1. The first kappa shape index (κ1) is 15.4. The Balaban J connectivity index is 2.41. The van der Waals surface area contributed by atoms with Crippen LogP contribution in [0.3, 0.4) is 0 Å². The first-order valence-electron chi connectivity index (χ1n) is 6.93. The van der Waals surface area contributed by atoms with Crippen LogP contribution < -0.4 is 5.73 Å². The van der Waals surface area contributed by atoms with Gasteiger partial charge in [-0.25, -0.2) is 0 Å². The number of nitrogens with two attached hydrogens (primary N) is 1. The fourth-order valence-electron chi connectivity index (χ4n) is 2.54. The third-order valence-corrected chi connectivity index (χ3v) is 4.08. The summed E-state index contributed by atoms with van der Waals surface area (Å²) in [5.41, 5.74) is 5.59. The third kappa shape index (κ3) is 4.25. The highest BCUT2D eigenvalue weighted by molar-refractivity contribution is 5.75. The molecule has 0 amide bonds. The van der Waals surface area contributed by atoms with Crippen molar-refractivity contribution in [2.45, 2.75) is 46.1 Å². The largest absolute Gasteiger partial charge is 0.469 e. The number of nitrogens with zero attached hydrogens (tertiary/aromatic N) is 1. The summed E-state index contributed by atoms with van der Waals surface area (Å²) in [6.07, 6.45) is 3.28. The van der Waals surface area contributed by atoms with Crippen molar-refractivity contribution in [1.29, 1.82) is 0 Å². The number of carbonyl (C=O) groups excluding carboxylic acids is 1. The van der Waals surface area contributed by atoms with E-state index in [0.717, 1.165) is 26.1 Å². The van der Waals surface area contributed by atoms with Crippen molar-refractivity contribution >= 4 is 5.97 Å². The maximum absolute atomic E-state index is 11.6. The molecule has 0 radical (unpaired) electrons. The van der Waals surface area contributed by atoms with E-state index in [4.69, 9.17) is 10.5 Å². The molecule has 0 bridgehead atoms. The molecule has 1 saturated heterocycles. The van der Waals surface area contributed by atoms with Crippen molar-refractivity contribution in [2.24, 2.45) is 17.1 Å². The Bertz CT molecular complexity index is 277. The molecule has 2 unspecified atom stereocenters. The van der Waals surface area contributed by atoms with Gasteiger partial charge in [-0.2, -0.15) is 0 Å². The second kappa shape index (κ2) is 6.53. The molecule has 2 N–H and O–H groups in total. The molecular weight excluding hydrogens is 228 g/mol. The molecule has 4 nitrogen and oxygen atoms in total. The number of hydrogen-bond donors (Lipinski definition) is 1. The Hall–Kier alpha value is -0.610. The minimum Gasteiger partial charge on any atom is -0.469 e. The summed E-state index contributed by atoms with van der Waals surface area (Å²) < 4.78 is 4.84. The van der Waals surface area contributed by atoms with Crippen molar-refractivity contribution in [2.75, 3.05) is 26.7 Å². The van der Waals surface area contributed by atoms with Crippen LogP contribution in [0, 0.1) is 11.3 Å². The van der Waals surface area contributed by atoms with Gasteiger partial charge in [0.15, 0.2) is 0 Å². The standard InChI is InChI=1S/C14H28N2O2/c1-11(15)12-6-5-8-16(10-12)9-7-14(2,3)13(17)18-4/h11-12H,5-10,15H2,1-4H3. The number of rotatable bonds is 5. The van der Waals surface area contributed by atoms with Crippen LogP contribution in [0.25, 0.3) is 0 Å². The average Bonchev–Trinajstić information content (AvgIpc) is 2.35. The molecule has 1 aliphatic rings. The first-order valence-corrected chi connectivity index (χ1v) is 6.93. The Morgan fingerprint density at radius 3 is 2.78 bits per heavy atom. The van der Waals surface area contributed by atoms with Gasteiger partial charge in [0, 0.05) is 12.6 Å². The predicted molar refractivity (Wildman–Crippen MR) is 73.2 cm³/mol. The summed E-state index contributed by atoms with van der Waals surface area (Å²) in [5.74, 6) is 0.475. The van der Waals surface area contributed by atoms with E-state index in [0.29, 0.717) is 5.92 Å². The van der Waals surface area contributed by atoms with E-state index in [1.807, 2.05) is 13.8 Å². The highest BCUT2D eigenvalue weighted by Crippen LogP contribution is 2.25. The van der Waals surface area contributed by atoms with Crippen LogP contribution in [-0.4, -0.2) is 43.7 Å². The van der Waals surface area contributed by atoms with E-state index in [1.54, 1.807) is 0 Å². The number of esters is 1. The van der Waals surface area contributed by atoms with Gasteiger partial charge in [-0.05, 0) is 59.0 Å². The lowest BCUT2D eigenvalue weighted by atomic mass is 9.87. The van der Waals surface area contributed by atoms with Gasteiger partial charge in [0.1, 0.15) is 0 Å². The zero-order valence-electron chi connectivity index (χ0n) is 12.2. The van der Waals surface area contributed by atoms with Gasteiger partial charge in [-0.3, -0.25) is 4.79 Å². The van der Waals surface area contributed by atoms with Gasteiger partial charge < -0.3 is 15.4 Å². The average molecular weight is 256 g/mol. The molecule has 0 spiro atoms. The third-order valence-electron chi connectivity index (χ3n) is 4.08. The van der Waals surface area contributed by atoms with Crippen molar-refractivity contribution in [3.63, 3.8) is 0 Å². The zero-order valence-corrected chi connectivity index (χ0v) is 12.2. The maximum atomic E-state index is 11.6. The van der Waals surface area contributed by atoms with Crippen LogP contribution in [0.4, 0.5) is 0 Å². The molecule has 18 heavy (non-hydrogen) atoms.